The smallest absolute Gasteiger partial charge is 0.419 e. The highest BCUT2D eigenvalue weighted by Crippen LogP contribution is 2.42. The zero-order chi connectivity index (χ0) is 27.1. The summed E-state index contributed by atoms with van der Waals surface area (Å²) in [6.07, 6.45) is -4.25. The van der Waals surface area contributed by atoms with Gasteiger partial charge in [-0.15, -0.1) is 0 Å². The molecule has 2 heterocycles. The Labute approximate surface area is 211 Å². The summed E-state index contributed by atoms with van der Waals surface area (Å²) in [4.78, 5) is 22.3. The minimum Gasteiger partial charge on any atom is -0.496 e. The van der Waals surface area contributed by atoms with Gasteiger partial charge in [0, 0.05) is 42.6 Å². The van der Waals surface area contributed by atoms with Crippen molar-refractivity contribution in [3.8, 4) is 5.75 Å². The highest BCUT2D eigenvalue weighted by Gasteiger charge is 2.38. The summed E-state index contributed by atoms with van der Waals surface area (Å²) in [6, 6.07) is 5.64. The van der Waals surface area contributed by atoms with Crippen molar-refractivity contribution in [2.45, 2.75) is 51.4 Å². The number of halogens is 4. The molecule has 0 bridgehead atoms. The van der Waals surface area contributed by atoms with Crippen LogP contribution in [0.3, 0.4) is 0 Å². The number of carbonyl (C=O) groups is 1. The van der Waals surface area contributed by atoms with Crippen LogP contribution in [0.2, 0.25) is 0 Å². The summed E-state index contributed by atoms with van der Waals surface area (Å²) in [5, 5.41) is 15.0. The average molecular weight is 521 g/mol. The van der Waals surface area contributed by atoms with Crippen LogP contribution < -0.4 is 10.1 Å². The average Bonchev–Trinajstić information content (AvgIpc) is 2.82. The number of piperidine rings is 1. The molecule has 0 spiro atoms. The van der Waals surface area contributed by atoms with Crippen LogP contribution in [0.25, 0.3) is 10.9 Å². The topological polar surface area (TPSA) is 87.6 Å². The number of nitrogens with one attached hydrogen (secondary N) is 1. The van der Waals surface area contributed by atoms with Gasteiger partial charge < -0.3 is 20.1 Å². The van der Waals surface area contributed by atoms with E-state index in [-0.39, 0.29) is 30.1 Å². The van der Waals surface area contributed by atoms with Crippen LogP contribution in [0.5, 0.6) is 5.75 Å². The molecule has 3 aromatic rings. The molecule has 198 valence electrons. The van der Waals surface area contributed by atoms with Crippen molar-refractivity contribution in [2.75, 3.05) is 25.5 Å². The van der Waals surface area contributed by atoms with Crippen molar-refractivity contribution in [1.82, 2.24) is 14.9 Å². The lowest BCUT2D eigenvalue weighted by Crippen LogP contribution is -2.44. The third-order valence-corrected chi connectivity index (χ3v) is 6.82. The second kappa shape index (κ2) is 9.77. The Morgan fingerprint density at radius 3 is 2.49 bits per heavy atom. The first kappa shape index (κ1) is 26.6. The first-order chi connectivity index (χ1) is 17.3. The summed E-state index contributed by atoms with van der Waals surface area (Å²) in [7, 11) is 1.48. The molecule has 2 aromatic carbocycles. The molecule has 1 aliphatic heterocycles. The van der Waals surface area contributed by atoms with Crippen molar-refractivity contribution >= 4 is 22.6 Å². The Morgan fingerprint density at radius 1 is 1.22 bits per heavy atom. The van der Waals surface area contributed by atoms with E-state index in [0.717, 1.165) is 6.07 Å². The second-order valence-corrected chi connectivity index (χ2v) is 9.30. The number of fused-ring (bicyclic) bond motifs is 1. The quantitative estimate of drug-likeness (QED) is 0.455. The third kappa shape index (κ3) is 5.18. The van der Waals surface area contributed by atoms with Crippen molar-refractivity contribution in [2.24, 2.45) is 0 Å². The standard InChI is InChI=1S/C26H28F4N4O3/c1-14(17-6-5-7-19(23(17)27)26(28,29)30)31-24-18-12-20(22(37-4)13-21(18)32-15(2)33-24)25(36)8-10-34(11-9-25)16(3)35/h5-7,12-14,36H,8-11H2,1-4H3,(H,31,32,33)/t14-/m0/s1. The number of methoxy groups -OCH3 is 1. The molecule has 7 nitrogen and oxygen atoms in total. The zero-order valence-corrected chi connectivity index (χ0v) is 20.9. The Balaban J connectivity index is 1.76. The number of aliphatic hydroxyl groups is 1. The van der Waals surface area contributed by atoms with Crippen LogP contribution in [0, 0.1) is 12.7 Å². The molecule has 1 aliphatic rings. The zero-order valence-electron chi connectivity index (χ0n) is 20.9. The van der Waals surface area contributed by atoms with Crippen LogP contribution in [0.1, 0.15) is 55.2 Å². The van der Waals surface area contributed by atoms with E-state index in [0.29, 0.717) is 47.2 Å². The lowest BCUT2D eigenvalue weighted by Gasteiger charge is -2.38. The van der Waals surface area contributed by atoms with Gasteiger partial charge in [0.05, 0.1) is 29.8 Å². The lowest BCUT2D eigenvalue weighted by atomic mass is 9.83. The van der Waals surface area contributed by atoms with Gasteiger partial charge in [0.2, 0.25) is 5.91 Å². The Bertz CT molecular complexity index is 1340. The fourth-order valence-corrected chi connectivity index (χ4v) is 4.76. The maximum absolute atomic E-state index is 14.8. The number of alkyl halides is 3. The summed E-state index contributed by atoms with van der Waals surface area (Å²) < 4.78 is 60.1. The molecular weight excluding hydrogens is 492 g/mol. The van der Waals surface area contributed by atoms with E-state index in [1.807, 2.05) is 0 Å². The van der Waals surface area contributed by atoms with Gasteiger partial charge in [-0.2, -0.15) is 13.2 Å². The molecule has 1 atom stereocenters. The van der Waals surface area contributed by atoms with Gasteiger partial charge in [-0.1, -0.05) is 12.1 Å². The van der Waals surface area contributed by atoms with Crippen LogP contribution in [0.4, 0.5) is 23.4 Å². The number of likely N-dealkylation sites (tertiary alicyclic amines) is 1. The van der Waals surface area contributed by atoms with E-state index >= 15 is 0 Å². The molecule has 1 fully saturated rings. The molecule has 11 heteroatoms. The molecule has 1 saturated heterocycles. The van der Waals surface area contributed by atoms with Gasteiger partial charge in [0.15, 0.2) is 0 Å². The van der Waals surface area contributed by atoms with Gasteiger partial charge in [-0.05, 0) is 38.8 Å². The number of rotatable bonds is 5. The molecule has 0 unspecified atom stereocenters. The van der Waals surface area contributed by atoms with E-state index in [9.17, 15) is 27.5 Å². The molecular formula is C26H28F4N4O3. The van der Waals surface area contributed by atoms with Gasteiger partial charge in [-0.25, -0.2) is 14.4 Å². The largest absolute Gasteiger partial charge is 0.496 e. The van der Waals surface area contributed by atoms with Gasteiger partial charge in [-0.3, -0.25) is 4.79 Å². The summed E-state index contributed by atoms with van der Waals surface area (Å²) in [6.45, 7) is 5.42. The number of anilines is 1. The van der Waals surface area contributed by atoms with Gasteiger partial charge in [0.25, 0.3) is 0 Å². The molecule has 0 radical (unpaired) electrons. The number of amides is 1. The van der Waals surface area contributed by atoms with Crippen molar-refractivity contribution in [3.05, 3.63) is 58.7 Å². The highest BCUT2D eigenvalue weighted by atomic mass is 19.4. The van der Waals surface area contributed by atoms with Crippen molar-refractivity contribution in [1.29, 1.82) is 0 Å². The number of benzene rings is 2. The fourth-order valence-electron chi connectivity index (χ4n) is 4.76. The minimum atomic E-state index is -4.82. The van der Waals surface area contributed by atoms with Crippen molar-refractivity contribution < 1.29 is 32.2 Å². The Kier molecular flexibility index (Phi) is 7.02. The molecule has 2 N–H and O–H groups in total. The van der Waals surface area contributed by atoms with Crippen LogP contribution in [0.15, 0.2) is 30.3 Å². The van der Waals surface area contributed by atoms with Gasteiger partial charge >= 0.3 is 6.18 Å². The third-order valence-electron chi connectivity index (χ3n) is 6.82. The van der Waals surface area contributed by atoms with Crippen LogP contribution in [-0.4, -0.2) is 46.1 Å². The monoisotopic (exact) mass is 520 g/mol. The molecule has 4 rings (SSSR count). The highest BCUT2D eigenvalue weighted by molar-refractivity contribution is 5.91. The fraction of sp³-hybridized carbons (Fsp3) is 0.423. The number of nitrogens with zero attached hydrogens (tertiary/aromatic N) is 3. The minimum absolute atomic E-state index is 0.0706. The number of hydrogen-bond acceptors (Lipinski definition) is 6. The number of ether oxygens (including phenoxy) is 1. The van der Waals surface area contributed by atoms with Crippen LogP contribution in [-0.2, 0) is 16.6 Å². The summed E-state index contributed by atoms with van der Waals surface area (Å²) in [5.74, 6) is -0.347. The van der Waals surface area contributed by atoms with Gasteiger partial charge in [0.1, 0.15) is 23.2 Å². The predicted molar refractivity (Wildman–Crippen MR) is 130 cm³/mol. The molecule has 0 aliphatic carbocycles. The summed E-state index contributed by atoms with van der Waals surface area (Å²) >= 11 is 0. The van der Waals surface area contributed by atoms with E-state index in [1.165, 1.54) is 27.0 Å². The molecule has 37 heavy (non-hydrogen) atoms. The number of carbonyl (C=O) groups excluding carboxylic acids is 1. The number of aromatic nitrogens is 2. The van der Waals surface area contributed by atoms with E-state index in [4.69, 9.17) is 4.74 Å². The number of hydrogen-bond donors (Lipinski definition) is 2. The predicted octanol–water partition coefficient (Wildman–Crippen LogP) is 5.11. The first-order valence-corrected chi connectivity index (χ1v) is 11.8. The van der Waals surface area contributed by atoms with E-state index < -0.39 is 29.2 Å². The van der Waals surface area contributed by atoms with Crippen molar-refractivity contribution in [3.63, 3.8) is 0 Å². The maximum Gasteiger partial charge on any atom is 0.419 e. The second-order valence-electron chi connectivity index (χ2n) is 9.30. The van der Waals surface area contributed by atoms with E-state index in [2.05, 4.69) is 15.3 Å². The molecule has 1 aromatic heterocycles. The maximum atomic E-state index is 14.8. The summed E-state index contributed by atoms with van der Waals surface area (Å²) in [5.41, 5.74) is -1.82. The Morgan fingerprint density at radius 2 is 1.89 bits per heavy atom. The first-order valence-electron chi connectivity index (χ1n) is 11.8. The van der Waals surface area contributed by atoms with E-state index in [1.54, 1.807) is 24.0 Å². The lowest BCUT2D eigenvalue weighted by molar-refractivity contribution is -0.140. The molecule has 0 saturated carbocycles. The SMILES string of the molecule is COc1cc2nc(C)nc(N[C@@H](C)c3cccc(C(F)(F)F)c3F)c2cc1C1(O)CCN(C(C)=O)CC1. The Hall–Kier alpha value is -3.47. The normalized spacial score (nSPS) is 16.5. The number of aryl methyl sites for hydroxylation is 1. The molecule has 1 amide bonds. The van der Waals surface area contributed by atoms with Crippen LogP contribution >= 0.6 is 0 Å².